The summed E-state index contributed by atoms with van der Waals surface area (Å²) < 4.78 is 5.82. The molecule has 0 bridgehead atoms. The number of rotatable bonds is 9. The second-order valence-corrected chi connectivity index (χ2v) is 6.66. The Labute approximate surface area is 172 Å². The maximum atomic E-state index is 13.2. The normalized spacial score (nSPS) is 11.8. The van der Waals surface area contributed by atoms with Crippen LogP contribution in [-0.4, -0.2) is 28.9 Å². The minimum Gasteiger partial charge on any atom is -0.487 e. The number of nitrogens with zero attached hydrogens (tertiary/aromatic N) is 2. The molecule has 2 aromatic carbocycles. The van der Waals surface area contributed by atoms with Crippen LogP contribution in [0.2, 0.25) is 0 Å². The number of carbonyl (C=O) groups is 1. The molecule has 3 aromatic rings. The molecule has 1 aromatic heterocycles. The van der Waals surface area contributed by atoms with Gasteiger partial charge in [0.1, 0.15) is 18.4 Å². The van der Waals surface area contributed by atoms with E-state index in [0.717, 1.165) is 24.3 Å². The van der Waals surface area contributed by atoms with E-state index in [9.17, 15) is 4.79 Å². The van der Waals surface area contributed by atoms with Gasteiger partial charge in [0.05, 0.1) is 5.69 Å². The van der Waals surface area contributed by atoms with Crippen molar-refractivity contribution in [2.45, 2.75) is 26.5 Å². The van der Waals surface area contributed by atoms with Crippen molar-refractivity contribution in [2.75, 3.05) is 18.4 Å². The second-order valence-electron chi connectivity index (χ2n) is 6.66. The van der Waals surface area contributed by atoms with E-state index in [1.165, 1.54) is 0 Å². The molecule has 29 heavy (non-hydrogen) atoms. The minimum absolute atomic E-state index is 0.0539. The molecule has 0 aliphatic carbocycles. The molecule has 150 valence electrons. The summed E-state index contributed by atoms with van der Waals surface area (Å²) in [5.41, 5.74) is 2.55. The van der Waals surface area contributed by atoms with Gasteiger partial charge in [0.2, 0.25) is 5.91 Å². The molecule has 0 spiro atoms. The van der Waals surface area contributed by atoms with Crippen molar-refractivity contribution in [3.05, 3.63) is 90.3 Å². The fraction of sp³-hybridized carbons (Fsp3) is 0.250. The third-order valence-corrected chi connectivity index (χ3v) is 4.76. The first-order valence-electron chi connectivity index (χ1n) is 9.94. The molecule has 0 aliphatic heterocycles. The highest BCUT2D eigenvalue weighted by atomic mass is 16.5. The van der Waals surface area contributed by atoms with Gasteiger partial charge >= 0.3 is 0 Å². The van der Waals surface area contributed by atoms with Gasteiger partial charge in [0.15, 0.2) is 0 Å². The van der Waals surface area contributed by atoms with E-state index in [-0.39, 0.29) is 11.9 Å². The van der Waals surface area contributed by atoms with Gasteiger partial charge in [-0.2, -0.15) is 0 Å². The van der Waals surface area contributed by atoms with Crippen LogP contribution in [-0.2, 0) is 11.4 Å². The SMILES string of the molecule is CCN(CC)C(C(=O)Nc1cccc(OCc2ccccn2)c1)c1ccccc1. The molecule has 5 heteroatoms. The van der Waals surface area contributed by atoms with E-state index in [0.29, 0.717) is 18.0 Å². The number of hydrogen-bond acceptors (Lipinski definition) is 4. The average Bonchev–Trinajstić information content (AvgIpc) is 2.77. The van der Waals surface area contributed by atoms with Gasteiger partial charge in [-0.25, -0.2) is 0 Å². The molecule has 1 heterocycles. The van der Waals surface area contributed by atoms with Crippen LogP contribution in [0.4, 0.5) is 5.69 Å². The summed E-state index contributed by atoms with van der Waals surface area (Å²) in [5, 5.41) is 3.05. The smallest absolute Gasteiger partial charge is 0.246 e. The van der Waals surface area contributed by atoms with Gasteiger partial charge in [0.25, 0.3) is 0 Å². The van der Waals surface area contributed by atoms with Crippen molar-refractivity contribution in [3.63, 3.8) is 0 Å². The lowest BCUT2D eigenvalue weighted by atomic mass is 10.0. The highest BCUT2D eigenvalue weighted by Gasteiger charge is 2.25. The summed E-state index contributed by atoms with van der Waals surface area (Å²) in [6.07, 6.45) is 1.74. The van der Waals surface area contributed by atoms with Crippen LogP contribution in [0.3, 0.4) is 0 Å². The molecule has 1 N–H and O–H groups in total. The number of hydrogen-bond donors (Lipinski definition) is 1. The van der Waals surface area contributed by atoms with Crippen molar-refractivity contribution in [3.8, 4) is 5.75 Å². The first-order valence-corrected chi connectivity index (χ1v) is 9.94. The molecule has 3 rings (SSSR count). The Morgan fingerprint density at radius 3 is 2.45 bits per heavy atom. The first-order chi connectivity index (χ1) is 14.2. The third-order valence-electron chi connectivity index (χ3n) is 4.76. The Morgan fingerprint density at radius 2 is 1.76 bits per heavy atom. The van der Waals surface area contributed by atoms with Gasteiger partial charge in [-0.05, 0) is 42.9 Å². The van der Waals surface area contributed by atoms with Crippen LogP contribution in [0.1, 0.15) is 31.1 Å². The van der Waals surface area contributed by atoms with Gasteiger partial charge in [0, 0.05) is 18.0 Å². The second kappa shape index (κ2) is 10.4. The monoisotopic (exact) mass is 389 g/mol. The van der Waals surface area contributed by atoms with Crippen LogP contribution in [0, 0.1) is 0 Å². The number of nitrogens with one attached hydrogen (secondary N) is 1. The number of ether oxygens (including phenoxy) is 1. The van der Waals surface area contributed by atoms with Crippen LogP contribution in [0.25, 0.3) is 0 Å². The number of anilines is 1. The lowest BCUT2D eigenvalue weighted by Crippen LogP contribution is -2.37. The Bertz CT molecular complexity index is 896. The minimum atomic E-state index is -0.343. The summed E-state index contributed by atoms with van der Waals surface area (Å²) in [5.74, 6) is 0.634. The number of aromatic nitrogens is 1. The number of amides is 1. The number of pyridine rings is 1. The zero-order valence-corrected chi connectivity index (χ0v) is 16.9. The van der Waals surface area contributed by atoms with Crippen molar-refractivity contribution in [1.29, 1.82) is 0 Å². The lowest BCUT2D eigenvalue weighted by molar-refractivity contribution is -0.121. The highest BCUT2D eigenvalue weighted by molar-refractivity contribution is 5.95. The summed E-state index contributed by atoms with van der Waals surface area (Å²) in [4.78, 5) is 19.6. The summed E-state index contributed by atoms with van der Waals surface area (Å²) in [6, 6.07) is 22.7. The highest BCUT2D eigenvalue weighted by Crippen LogP contribution is 2.24. The zero-order valence-electron chi connectivity index (χ0n) is 16.9. The Hall–Kier alpha value is -3.18. The fourth-order valence-corrected chi connectivity index (χ4v) is 3.27. The largest absolute Gasteiger partial charge is 0.487 e. The maximum Gasteiger partial charge on any atom is 0.246 e. The van der Waals surface area contributed by atoms with Gasteiger partial charge in [-0.15, -0.1) is 0 Å². The molecular weight excluding hydrogens is 362 g/mol. The average molecular weight is 389 g/mol. The topological polar surface area (TPSA) is 54.5 Å². The molecule has 1 atom stereocenters. The van der Waals surface area contributed by atoms with Crippen LogP contribution in [0.15, 0.2) is 79.0 Å². The Kier molecular flexibility index (Phi) is 7.36. The molecular formula is C24H27N3O2. The number of likely N-dealkylation sites (N-methyl/N-ethyl adjacent to an activating group) is 1. The predicted octanol–water partition coefficient (Wildman–Crippen LogP) is 4.68. The standard InChI is InChI=1S/C24H27N3O2/c1-3-27(4-2)23(19-11-6-5-7-12-19)24(28)26-20-14-10-15-22(17-20)29-18-21-13-8-9-16-25-21/h5-17,23H,3-4,18H2,1-2H3,(H,26,28). The number of carbonyl (C=O) groups excluding carboxylic acids is 1. The van der Waals surface area contributed by atoms with Crippen LogP contribution >= 0.6 is 0 Å². The Morgan fingerprint density at radius 1 is 1.00 bits per heavy atom. The van der Waals surface area contributed by atoms with Crippen molar-refractivity contribution in [1.82, 2.24) is 9.88 Å². The van der Waals surface area contributed by atoms with Gasteiger partial charge in [-0.3, -0.25) is 14.7 Å². The van der Waals surface area contributed by atoms with E-state index in [4.69, 9.17) is 4.74 Å². The molecule has 0 aliphatic rings. The van der Waals surface area contributed by atoms with E-state index in [1.54, 1.807) is 6.20 Å². The van der Waals surface area contributed by atoms with E-state index >= 15 is 0 Å². The fourth-order valence-electron chi connectivity index (χ4n) is 3.27. The zero-order chi connectivity index (χ0) is 20.5. The van der Waals surface area contributed by atoms with E-state index in [1.807, 2.05) is 72.8 Å². The molecule has 0 fully saturated rings. The van der Waals surface area contributed by atoms with Gasteiger partial charge in [-0.1, -0.05) is 56.3 Å². The molecule has 0 radical (unpaired) electrons. The number of benzene rings is 2. The van der Waals surface area contributed by atoms with Gasteiger partial charge < -0.3 is 10.1 Å². The van der Waals surface area contributed by atoms with Crippen LogP contribution < -0.4 is 10.1 Å². The maximum absolute atomic E-state index is 13.2. The summed E-state index contributed by atoms with van der Waals surface area (Å²) >= 11 is 0. The predicted molar refractivity (Wildman–Crippen MR) is 116 cm³/mol. The molecule has 0 saturated carbocycles. The summed E-state index contributed by atoms with van der Waals surface area (Å²) in [7, 11) is 0. The van der Waals surface area contributed by atoms with E-state index < -0.39 is 0 Å². The Balaban J connectivity index is 1.72. The molecule has 1 unspecified atom stereocenters. The molecule has 0 saturated heterocycles. The third kappa shape index (κ3) is 5.65. The van der Waals surface area contributed by atoms with Crippen molar-refractivity contribution < 1.29 is 9.53 Å². The molecule has 5 nitrogen and oxygen atoms in total. The van der Waals surface area contributed by atoms with E-state index in [2.05, 4.69) is 29.0 Å². The van der Waals surface area contributed by atoms with Crippen LogP contribution in [0.5, 0.6) is 5.75 Å². The summed E-state index contributed by atoms with van der Waals surface area (Å²) in [6.45, 7) is 6.09. The lowest BCUT2D eigenvalue weighted by Gasteiger charge is -2.29. The molecule has 1 amide bonds. The quantitative estimate of drug-likeness (QED) is 0.577. The first kappa shape index (κ1) is 20.6. The van der Waals surface area contributed by atoms with Crippen molar-refractivity contribution in [2.24, 2.45) is 0 Å². The van der Waals surface area contributed by atoms with Crippen molar-refractivity contribution >= 4 is 11.6 Å².